The first kappa shape index (κ1) is 16.4. The quantitative estimate of drug-likeness (QED) is 0.844. The molecule has 0 aliphatic carbocycles. The number of benzene rings is 2. The highest BCUT2D eigenvalue weighted by molar-refractivity contribution is 5.96. The minimum Gasteiger partial charge on any atom is -0.399 e. The van der Waals surface area contributed by atoms with E-state index in [9.17, 15) is 4.79 Å². The molecular weight excluding hydrogens is 298 g/mol. The largest absolute Gasteiger partial charge is 0.399 e. The first-order valence-electron chi connectivity index (χ1n) is 8.56. The lowest BCUT2D eigenvalue weighted by Crippen LogP contribution is -2.27. The highest BCUT2D eigenvalue weighted by Crippen LogP contribution is 2.24. The second kappa shape index (κ2) is 6.95. The molecule has 1 aliphatic rings. The molecule has 1 unspecified atom stereocenters. The smallest absolute Gasteiger partial charge is 0.252 e. The van der Waals surface area contributed by atoms with Crippen molar-refractivity contribution in [3.8, 4) is 0 Å². The molecule has 0 aromatic heterocycles. The predicted molar refractivity (Wildman–Crippen MR) is 99.4 cm³/mol. The number of carbonyl (C=O) groups is 1. The van der Waals surface area contributed by atoms with Gasteiger partial charge in [-0.2, -0.15) is 0 Å². The number of nitrogens with two attached hydrogens (primary N) is 1. The minimum absolute atomic E-state index is 0.0547. The molecule has 1 aliphatic heterocycles. The van der Waals surface area contributed by atoms with Crippen molar-refractivity contribution in [2.75, 3.05) is 23.7 Å². The van der Waals surface area contributed by atoms with Crippen molar-refractivity contribution in [3.63, 3.8) is 0 Å². The molecule has 1 atom stereocenters. The van der Waals surface area contributed by atoms with Gasteiger partial charge in [-0.3, -0.25) is 4.79 Å². The number of anilines is 2. The fourth-order valence-corrected chi connectivity index (χ4v) is 3.21. The lowest BCUT2D eigenvalue weighted by molar-refractivity contribution is 0.0939. The van der Waals surface area contributed by atoms with E-state index in [-0.39, 0.29) is 11.9 Å². The number of nitrogens with zero attached hydrogens (tertiary/aromatic N) is 1. The summed E-state index contributed by atoms with van der Waals surface area (Å²) in [5.74, 6) is -0.0844. The number of carbonyl (C=O) groups excluding carboxylic acids is 1. The molecule has 4 nitrogen and oxygen atoms in total. The summed E-state index contributed by atoms with van der Waals surface area (Å²) in [6, 6.07) is 13.8. The minimum atomic E-state index is -0.0844. The molecule has 24 heavy (non-hydrogen) atoms. The highest BCUT2D eigenvalue weighted by Gasteiger charge is 2.16. The number of hydrogen-bond donors (Lipinski definition) is 2. The van der Waals surface area contributed by atoms with Crippen LogP contribution >= 0.6 is 0 Å². The van der Waals surface area contributed by atoms with Gasteiger partial charge in [0.05, 0.1) is 6.04 Å². The van der Waals surface area contributed by atoms with Crippen molar-refractivity contribution < 1.29 is 4.79 Å². The van der Waals surface area contributed by atoms with Gasteiger partial charge in [-0.15, -0.1) is 0 Å². The summed E-state index contributed by atoms with van der Waals surface area (Å²) in [4.78, 5) is 15.0. The lowest BCUT2D eigenvalue weighted by Gasteiger charge is -2.21. The maximum Gasteiger partial charge on any atom is 0.252 e. The maximum absolute atomic E-state index is 12.6. The van der Waals surface area contributed by atoms with Crippen molar-refractivity contribution in [1.82, 2.24) is 5.32 Å². The predicted octanol–water partition coefficient (Wildman–Crippen LogP) is 3.67. The molecule has 1 amide bonds. The van der Waals surface area contributed by atoms with Crippen molar-refractivity contribution in [3.05, 3.63) is 59.2 Å². The Kier molecular flexibility index (Phi) is 4.74. The van der Waals surface area contributed by atoms with Gasteiger partial charge in [0.25, 0.3) is 5.91 Å². The van der Waals surface area contributed by atoms with Crippen LogP contribution in [0.1, 0.15) is 47.3 Å². The van der Waals surface area contributed by atoms with Crippen LogP contribution < -0.4 is 16.0 Å². The van der Waals surface area contributed by atoms with Gasteiger partial charge in [-0.25, -0.2) is 0 Å². The SMILES string of the molecule is Cc1ccc(N)cc1C(=O)NC(C)c1cccc(N2CCCC2)c1. The summed E-state index contributed by atoms with van der Waals surface area (Å²) in [7, 11) is 0. The van der Waals surface area contributed by atoms with Crippen LogP contribution in [0.25, 0.3) is 0 Å². The molecule has 3 N–H and O–H groups in total. The second-order valence-corrected chi connectivity index (χ2v) is 6.56. The fourth-order valence-electron chi connectivity index (χ4n) is 3.21. The third-order valence-corrected chi connectivity index (χ3v) is 4.70. The Morgan fingerprint density at radius 3 is 2.67 bits per heavy atom. The van der Waals surface area contributed by atoms with Gasteiger partial charge in [0.15, 0.2) is 0 Å². The Labute approximate surface area is 143 Å². The van der Waals surface area contributed by atoms with Crippen molar-refractivity contribution in [2.45, 2.75) is 32.7 Å². The second-order valence-electron chi connectivity index (χ2n) is 6.56. The van der Waals surface area contributed by atoms with Crippen molar-refractivity contribution in [1.29, 1.82) is 0 Å². The summed E-state index contributed by atoms with van der Waals surface area (Å²) in [6.45, 7) is 6.18. The fraction of sp³-hybridized carbons (Fsp3) is 0.350. The topological polar surface area (TPSA) is 58.4 Å². The molecule has 126 valence electrons. The highest BCUT2D eigenvalue weighted by atomic mass is 16.1. The Bertz CT molecular complexity index is 735. The first-order chi connectivity index (χ1) is 11.5. The van der Waals surface area contributed by atoms with E-state index in [4.69, 9.17) is 5.73 Å². The zero-order valence-electron chi connectivity index (χ0n) is 14.4. The Balaban J connectivity index is 1.74. The van der Waals surface area contributed by atoms with E-state index in [1.165, 1.54) is 18.5 Å². The van der Waals surface area contributed by atoms with Crippen molar-refractivity contribution in [2.24, 2.45) is 0 Å². The van der Waals surface area contributed by atoms with Crippen LogP contribution in [0.5, 0.6) is 0 Å². The van der Waals surface area contributed by atoms with Gasteiger partial charge in [0, 0.05) is 30.0 Å². The van der Waals surface area contributed by atoms with E-state index < -0.39 is 0 Å². The number of aryl methyl sites for hydroxylation is 1. The first-order valence-corrected chi connectivity index (χ1v) is 8.56. The number of hydrogen-bond acceptors (Lipinski definition) is 3. The van der Waals surface area contributed by atoms with Crippen LogP contribution in [0.2, 0.25) is 0 Å². The third kappa shape index (κ3) is 3.53. The molecule has 0 spiro atoms. The molecule has 1 fully saturated rings. The van der Waals surface area contributed by atoms with Crippen molar-refractivity contribution >= 4 is 17.3 Å². The van der Waals surface area contributed by atoms with E-state index in [1.807, 2.05) is 26.0 Å². The lowest BCUT2D eigenvalue weighted by atomic mass is 10.0. The summed E-state index contributed by atoms with van der Waals surface area (Å²) in [6.07, 6.45) is 2.51. The van der Waals surface area contributed by atoms with Gasteiger partial charge in [-0.05, 0) is 62.1 Å². The van der Waals surface area contributed by atoms with E-state index >= 15 is 0 Å². The van der Waals surface area contributed by atoms with Crippen LogP contribution in [0, 0.1) is 6.92 Å². The number of rotatable bonds is 4. The summed E-state index contributed by atoms with van der Waals surface area (Å²) in [5.41, 5.74) is 10.3. The van der Waals surface area contributed by atoms with Crippen LogP contribution in [-0.4, -0.2) is 19.0 Å². The average molecular weight is 323 g/mol. The normalized spacial score (nSPS) is 15.3. The van der Waals surface area contributed by atoms with Gasteiger partial charge in [-0.1, -0.05) is 18.2 Å². The Morgan fingerprint density at radius 2 is 1.92 bits per heavy atom. The molecule has 2 aromatic carbocycles. The van der Waals surface area contributed by atoms with Gasteiger partial charge in [0.2, 0.25) is 0 Å². The van der Waals surface area contributed by atoms with Gasteiger partial charge in [0.1, 0.15) is 0 Å². The molecule has 3 rings (SSSR count). The molecule has 0 saturated carbocycles. The molecule has 2 aromatic rings. The standard InChI is InChI=1S/C20H25N3O/c1-14-8-9-17(21)13-19(14)20(24)22-15(2)16-6-5-7-18(12-16)23-10-3-4-11-23/h5-9,12-13,15H,3-4,10-11,21H2,1-2H3,(H,22,24). The Morgan fingerprint density at radius 1 is 1.17 bits per heavy atom. The van der Waals surface area contributed by atoms with Crippen LogP contribution in [0.3, 0.4) is 0 Å². The number of nitrogens with one attached hydrogen (secondary N) is 1. The zero-order chi connectivity index (χ0) is 17.1. The number of amides is 1. The molecule has 1 heterocycles. The molecule has 1 saturated heterocycles. The van der Waals surface area contributed by atoms with Crippen LogP contribution in [0.15, 0.2) is 42.5 Å². The summed E-state index contributed by atoms with van der Waals surface area (Å²) in [5, 5.41) is 3.09. The van der Waals surface area contributed by atoms with E-state index in [0.717, 1.165) is 24.2 Å². The third-order valence-electron chi connectivity index (χ3n) is 4.70. The number of nitrogen functional groups attached to an aromatic ring is 1. The molecule has 0 radical (unpaired) electrons. The Hall–Kier alpha value is -2.49. The monoisotopic (exact) mass is 323 g/mol. The van der Waals surface area contributed by atoms with Gasteiger partial charge >= 0.3 is 0 Å². The van der Waals surface area contributed by atoms with Crippen LogP contribution in [-0.2, 0) is 0 Å². The molecule has 0 bridgehead atoms. The maximum atomic E-state index is 12.6. The van der Waals surface area contributed by atoms with E-state index in [0.29, 0.717) is 11.3 Å². The average Bonchev–Trinajstić information content (AvgIpc) is 3.11. The summed E-state index contributed by atoms with van der Waals surface area (Å²) < 4.78 is 0. The zero-order valence-corrected chi connectivity index (χ0v) is 14.4. The van der Waals surface area contributed by atoms with E-state index in [1.54, 1.807) is 6.07 Å². The van der Waals surface area contributed by atoms with Crippen LogP contribution in [0.4, 0.5) is 11.4 Å². The van der Waals surface area contributed by atoms with E-state index in [2.05, 4.69) is 34.5 Å². The summed E-state index contributed by atoms with van der Waals surface area (Å²) >= 11 is 0. The van der Waals surface area contributed by atoms with Gasteiger partial charge < -0.3 is 16.0 Å². The molecule has 4 heteroatoms. The molecular formula is C20H25N3O.